The van der Waals surface area contributed by atoms with Crippen molar-refractivity contribution in [1.29, 1.82) is 0 Å². The Morgan fingerprint density at radius 2 is 1.76 bits per heavy atom. The van der Waals surface area contributed by atoms with Crippen LogP contribution in [0.2, 0.25) is 0 Å². The van der Waals surface area contributed by atoms with Crippen molar-refractivity contribution in [1.82, 2.24) is 9.78 Å². The first-order chi connectivity index (χ1) is 10.4. The van der Waals surface area contributed by atoms with Gasteiger partial charge in [-0.2, -0.15) is 5.10 Å². The molecule has 0 aliphatic rings. The van der Waals surface area contributed by atoms with Crippen LogP contribution in [0.15, 0.2) is 67.0 Å². The van der Waals surface area contributed by atoms with Crippen molar-refractivity contribution < 1.29 is 0 Å². The fraction of sp³-hybridized carbons (Fsp3) is 0.167. The number of nitrogens with one attached hydrogen (secondary N) is 1. The summed E-state index contributed by atoms with van der Waals surface area (Å²) in [5, 5.41) is 7.91. The molecule has 0 atom stereocenters. The van der Waals surface area contributed by atoms with Crippen LogP contribution in [0, 0.1) is 0 Å². The molecule has 3 rings (SSSR count). The second-order valence-electron chi connectivity index (χ2n) is 4.99. The number of rotatable bonds is 5. The summed E-state index contributed by atoms with van der Waals surface area (Å²) in [4.78, 5) is 0. The Labute approximate surface area is 125 Å². The first-order valence-electron chi connectivity index (χ1n) is 7.27. The number of para-hydroxylation sites is 2. The van der Waals surface area contributed by atoms with Gasteiger partial charge in [0.25, 0.3) is 0 Å². The van der Waals surface area contributed by atoms with Crippen LogP contribution in [0.3, 0.4) is 0 Å². The van der Waals surface area contributed by atoms with Gasteiger partial charge in [0.1, 0.15) is 0 Å². The molecule has 0 radical (unpaired) electrons. The average Bonchev–Trinajstić information content (AvgIpc) is 3.03. The van der Waals surface area contributed by atoms with E-state index in [0.29, 0.717) is 0 Å². The van der Waals surface area contributed by atoms with E-state index in [1.807, 2.05) is 29.1 Å². The lowest BCUT2D eigenvalue weighted by Gasteiger charge is -2.09. The minimum Gasteiger partial charge on any atom is -0.381 e. The van der Waals surface area contributed by atoms with Gasteiger partial charge in [0.15, 0.2) is 0 Å². The smallest absolute Gasteiger partial charge is 0.0645 e. The van der Waals surface area contributed by atoms with E-state index in [-0.39, 0.29) is 0 Å². The molecule has 0 saturated carbocycles. The van der Waals surface area contributed by atoms with Gasteiger partial charge in [-0.3, -0.25) is 0 Å². The van der Waals surface area contributed by atoms with E-state index in [0.717, 1.165) is 18.7 Å². The molecule has 0 aliphatic carbocycles. The summed E-state index contributed by atoms with van der Waals surface area (Å²) in [6, 6.07) is 18.6. The quantitative estimate of drug-likeness (QED) is 0.762. The molecule has 0 unspecified atom stereocenters. The van der Waals surface area contributed by atoms with E-state index in [2.05, 4.69) is 59.9 Å². The van der Waals surface area contributed by atoms with Crippen LogP contribution in [-0.4, -0.2) is 9.78 Å². The van der Waals surface area contributed by atoms with Gasteiger partial charge in [0.2, 0.25) is 0 Å². The zero-order valence-electron chi connectivity index (χ0n) is 12.2. The molecule has 2 aromatic carbocycles. The monoisotopic (exact) mass is 277 g/mol. The van der Waals surface area contributed by atoms with Gasteiger partial charge in [-0.1, -0.05) is 43.3 Å². The van der Waals surface area contributed by atoms with Crippen LogP contribution < -0.4 is 5.32 Å². The number of anilines is 1. The lowest BCUT2D eigenvalue weighted by molar-refractivity contribution is 0.880. The van der Waals surface area contributed by atoms with Gasteiger partial charge in [-0.05, 0) is 30.2 Å². The van der Waals surface area contributed by atoms with Gasteiger partial charge in [-0.25, -0.2) is 4.68 Å². The molecule has 0 spiro atoms. The normalized spacial score (nSPS) is 10.5. The van der Waals surface area contributed by atoms with Crippen molar-refractivity contribution >= 4 is 5.69 Å². The largest absolute Gasteiger partial charge is 0.381 e. The minimum atomic E-state index is 0.782. The number of aryl methyl sites for hydroxylation is 1. The van der Waals surface area contributed by atoms with Crippen LogP contribution in [0.4, 0.5) is 5.69 Å². The molecular formula is C18H19N3. The fourth-order valence-corrected chi connectivity index (χ4v) is 2.37. The molecule has 21 heavy (non-hydrogen) atoms. The predicted molar refractivity (Wildman–Crippen MR) is 86.7 cm³/mol. The van der Waals surface area contributed by atoms with Crippen molar-refractivity contribution in [2.24, 2.45) is 0 Å². The maximum Gasteiger partial charge on any atom is 0.0645 e. The Bertz CT molecular complexity index is 701. The third-order valence-corrected chi connectivity index (χ3v) is 3.54. The van der Waals surface area contributed by atoms with E-state index < -0.39 is 0 Å². The molecule has 0 bridgehead atoms. The highest BCUT2D eigenvalue weighted by molar-refractivity contribution is 5.51. The van der Waals surface area contributed by atoms with E-state index in [1.54, 1.807) is 0 Å². The van der Waals surface area contributed by atoms with Gasteiger partial charge >= 0.3 is 0 Å². The standard InChI is InChI=1S/C18H19N3/c1-2-16-8-6-7-11-18(16)19-12-15-13-20-21(14-15)17-9-4-3-5-10-17/h3-11,13-14,19H,2,12H2,1H3. The Morgan fingerprint density at radius 3 is 2.57 bits per heavy atom. The maximum atomic E-state index is 4.42. The SMILES string of the molecule is CCc1ccccc1NCc1cnn(-c2ccccc2)c1. The van der Waals surface area contributed by atoms with Gasteiger partial charge in [0.05, 0.1) is 11.9 Å². The van der Waals surface area contributed by atoms with E-state index in [4.69, 9.17) is 0 Å². The van der Waals surface area contributed by atoms with E-state index >= 15 is 0 Å². The van der Waals surface area contributed by atoms with Crippen LogP contribution in [0.1, 0.15) is 18.1 Å². The summed E-state index contributed by atoms with van der Waals surface area (Å²) in [7, 11) is 0. The third kappa shape index (κ3) is 3.14. The summed E-state index contributed by atoms with van der Waals surface area (Å²) < 4.78 is 1.91. The summed E-state index contributed by atoms with van der Waals surface area (Å²) in [5.74, 6) is 0. The van der Waals surface area contributed by atoms with Crippen molar-refractivity contribution in [3.05, 3.63) is 78.1 Å². The first-order valence-corrected chi connectivity index (χ1v) is 7.27. The zero-order chi connectivity index (χ0) is 14.5. The van der Waals surface area contributed by atoms with Crippen molar-refractivity contribution in [2.45, 2.75) is 19.9 Å². The van der Waals surface area contributed by atoms with Crippen molar-refractivity contribution in [3.8, 4) is 5.69 Å². The number of hydrogen-bond acceptors (Lipinski definition) is 2. The molecule has 0 amide bonds. The molecule has 106 valence electrons. The summed E-state index contributed by atoms with van der Waals surface area (Å²) in [6.07, 6.45) is 5.01. The van der Waals surface area contributed by atoms with Crippen LogP contribution in [0.5, 0.6) is 0 Å². The number of nitrogens with zero attached hydrogens (tertiary/aromatic N) is 2. The number of benzene rings is 2. The van der Waals surface area contributed by atoms with Crippen molar-refractivity contribution in [2.75, 3.05) is 5.32 Å². The Kier molecular flexibility index (Phi) is 4.01. The highest BCUT2D eigenvalue weighted by Gasteiger charge is 2.02. The molecule has 0 aliphatic heterocycles. The summed E-state index contributed by atoms with van der Waals surface area (Å²) in [5.41, 5.74) is 4.79. The number of aromatic nitrogens is 2. The van der Waals surface area contributed by atoms with Crippen LogP contribution in [0.25, 0.3) is 5.69 Å². The first kappa shape index (κ1) is 13.4. The van der Waals surface area contributed by atoms with Gasteiger partial charge < -0.3 is 5.32 Å². The van der Waals surface area contributed by atoms with Gasteiger partial charge in [0, 0.05) is 24.0 Å². The maximum absolute atomic E-state index is 4.42. The minimum absolute atomic E-state index is 0.782. The molecular weight excluding hydrogens is 258 g/mol. The molecule has 3 heteroatoms. The Morgan fingerprint density at radius 1 is 1.00 bits per heavy atom. The lowest BCUT2D eigenvalue weighted by atomic mass is 10.1. The predicted octanol–water partition coefficient (Wildman–Crippen LogP) is 4.05. The second-order valence-corrected chi connectivity index (χ2v) is 4.99. The summed E-state index contributed by atoms with van der Waals surface area (Å²) >= 11 is 0. The molecule has 1 heterocycles. The third-order valence-electron chi connectivity index (χ3n) is 3.54. The topological polar surface area (TPSA) is 29.9 Å². The second kappa shape index (κ2) is 6.27. The fourth-order valence-electron chi connectivity index (χ4n) is 2.37. The van der Waals surface area contributed by atoms with E-state index in [1.165, 1.54) is 16.8 Å². The van der Waals surface area contributed by atoms with Crippen LogP contribution >= 0.6 is 0 Å². The molecule has 0 saturated heterocycles. The lowest BCUT2D eigenvalue weighted by Crippen LogP contribution is -2.01. The molecule has 1 N–H and O–H groups in total. The molecule has 3 aromatic rings. The zero-order valence-corrected chi connectivity index (χ0v) is 12.2. The molecule has 3 nitrogen and oxygen atoms in total. The van der Waals surface area contributed by atoms with Crippen molar-refractivity contribution in [3.63, 3.8) is 0 Å². The van der Waals surface area contributed by atoms with E-state index in [9.17, 15) is 0 Å². The highest BCUT2D eigenvalue weighted by atomic mass is 15.3. The van der Waals surface area contributed by atoms with Crippen LogP contribution in [-0.2, 0) is 13.0 Å². The molecule has 0 fully saturated rings. The number of hydrogen-bond donors (Lipinski definition) is 1. The summed E-state index contributed by atoms with van der Waals surface area (Å²) in [6.45, 7) is 2.96. The Hall–Kier alpha value is -2.55. The average molecular weight is 277 g/mol. The highest BCUT2D eigenvalue weighted by Crippen LogP contribution is 2.16. The van der Waals surface area contributed by atoms with Gasteiger partial charge in [-0.15, -0.1) is 0 Å². The molecule has 1 aromatic heterocycles. The Balaban J connectivity index is 1.71.